The minimum absolute atomic E-state index is 0.0554. The van der Waals surface area contributed by atoms with Gasteiger partial charge in [-0.25, -0.2) is 4.98 Å². The monoisotopic (exact) mass is 280 g/mol. The van der Waals surface area contributed by atoms with Crippen molar-refractivity contribution in [3.05, 3.63) is 35.7 Å². The molecule has 4 nitrogen and oxygen atoms in total. The summed E-state index contributed by atoms with van der Waals surface area (Å²) in [6.07, 6.45) is 1.54. The fourth-order valence-corrected chi connectivity index (χ4v) is 2.90. The SMILES string of the molecule is COc1ccc(C(C)=O)cc1CSc1ncns1. The van der Waals surface area contributed by atoms with Crippen molar-refractivity contribution in [3.8, 4) is 5.75 Å². The molecule has 94 valence electrons. The Bertz CT molecular complexity index is 541. The van der Waals surface area contributed by atoms with E-state index in [2.05, 4.69) is 9.36 Å². The predicted octanol–water partition coefficient (Wildman–Crippen LogP) is 3.04. The van der Waals surface area contributed by atoms with E-state index in [1.54, 1.807) is 31.9 Å². The molecule has 18 heavy (non-hydrogen) atoms. The lowest BCUT2D eigenvalue weighted by atomic mass is 10.1. The second kappa shape index (κ2) is 5.97. The number of ether oxygens (including phenoxy) is 1. The van der Waals surface area contributed by atoms with E-state index in [-0.39, 0.29) is 5.78 Å². The summed E-state index contributed by atoms with van der Waals surface area (Å²) in [5, 5.41) is 0. The summed E-state index contributed by atoms with van der Waals surface area (Å²) in [7, 11) is 1.63. The van der Waals surface area contributed by atoms with E-state index in [1.807, 2.05) is 12.1 Å². The van der Waals surface area contributed by atoms with Crippen LogP contribution < -0.4 is 4.74 Å². The van der Waals surface area contributed by atoms with E-state index in [0.717, 1.165) is 15.7 Å². The lowest BCUT2D eigenvalue weighted by molar-refractivity contribution is 0.101. The Labute approximate surface area is 114 Å². The van der Waals surface area contributed by atoms with Crippen LogP contribution in [0, 0.1) is 0 Å². The van der Waals surface area contributed by atoms with Gasteiger partial charge < -0.3 is 4.74 Å². The van der Waals surface area contributed by atoms with Crippen LogP contribution in [0.5, 0.6) is 5.75 Å². The van der Waals surface area contributed by atoms with E-state index in [1.165, 1.54) is 17.9 Å². The first-order valence-electron chi connectivity index (χ1n) is 5.28. The molecular formula is C12H12N2O2S2. The molecule has 0 aliphatic heterocycles. The van der Waals surface area contributed by atoms with E-state index >= 15 is 0 Å². The van der Waals surface area contributed by atoms with Crippen molar-refractivity contribution in [1.82, 2.24) is 9.36 Å². The summed E-state index contributed by atoms with van der Waals surface area (Å²) >= 11 is 2.94. The Balaban J connectivity index is 2.18. The third kappa shape index (κ3) is 3.08. The molecule has 0 aliphatic carbocycles. The fourth-order valence-electron chi connectivity index (χ4n) is 1.48. The van der Waals surface area contributed by atoms with E-state index in [4.69, 9.17) is 4.74 Å². The van der Waals surface area contributed by atoms with E-state index in [9.17, 15) is 4.79 Å². The first-order chi connectivity index (χ1) is 8.70. The number of thioether (sulfide) groups is 1. The Morgan fingerprint density at radius 1 is 1.50 bits per heavy atom. The van der Waals surface area contributed by atoms with Crippen LogP contribution in [-0.4, -0.2) is 22.3 Å². The number of Topliss-reactive ketones (excluding diaryl/α,β-unsaturated/α-hetero) is 1. The third-order valence-corrected chi connectivity index (χ3v) is 4.23. The Hall–Kier alpha value is -1.40. The lowest BCUT2D eigenvalue weighted by Gasteiger charge is -2.08. The number of aromatic nitrogens is 2. The first-order valence-corrected chi connectivity index (χ1v) is 7.04. The molecule has 0 atom stereocenters. The number of rotatable bonds is 5. The molecular weight excluding hydrogens is 268 g/mol. The topological polar surface area (TPSA) is 52.1 Å². The smallest absolute Gasteiger partial charge is 0.170 e. The highest BCUT2D eigenvalue weighted by molar-refractivity contribution is 8.00. The molecule has 0 saturated heterocycles. The van der Waals surface area contributed by atoms with Gasteiger partial charge in [-0.15, -0.1) is 0 Å². The van der Waals surface area contributed by atoms with Gasteiger partial charge in [0.25, 0.3) is 0 Å². The summed E-state index contributed by atoms with van der Waals surface area (Å²) in [5.41, 5.74) is 1.69. The van der Waals surface area contributed by atoms with E-state index < -0.39 is 0 Å². The Kier molecular flexibility index (Phi) is 4.33. The summed E-state index contributed by atoms with van der Waals surface area (Å²) in [6, 6.07) is 5.47. The van der Waals surface area contributed by atoms with Crippen LogP contribution in [0.15, 0.2) is 28.9 Å². The zero-order valence-corrected chi connectivity index (χ0v) is 11.7. The Morgan fingerprint density at radius 2 is 2.33 bits per heavy atom. The molecule has 0 aliphatic rings. The molecule has 0 spiro atoms. The fraction of sp³-hybridized carbons (Fsp3) is 0.250. The molecule has 2 aromatic rings. The zero-order chi connectivity index (χ0) is 13.0. The van der Waals surface area contributed by atoms with Gasteiger partial charge in [-0.2, -0.15) is 4.37 Å². The number of methoxy groups -OCH3 is 1. The van der Waals surface area contributed by atoms with Gasteiger partial charge in [0.15, 0.2) is 10.1 Å². The van der Waals surface area contributed by atoms with Crippen LogP contribution in [0.4, 0.5) is 0 Å². The number of benzene rings is 1. The molecule has 0 radical (unpaired) electrons. The standard InChI is InChI=1S/C12H12N2O2S2/c1-8(15)9-3-4-11(16-2)10(5-9)6-17-12-13-7-14-18-12/h3-5,7H,6H2,1-2H3. The number of nitrogens with zero attached hydrogens (tertiary/aromatic N) is 2. The van der Waals surface area contributed by atoms with Gasteiger partial charge in [0.05, 0.1) is 7.11 Å². The average molecular weight is 280 g/mol. The number of hydrogen-bond acceptors (Lipinski definition) is 6. The molecule has 0 bridgehead atoms. The predicted molar refractivity (Wildman–Crippen MR) is 72.5 cm³/mol. The Morgan fingerprint density at radius 3 is 2.94 bits per heavy atom. The molecule has 0 unspecified atom stereocenters. The molecule has 2 rings (SSSR count). The minimum atomic E-state index is 0.0554. The largest absolute Gasteiger partial charge is 0.496 e. The summed E-state index contributed by atoms with van der Waals surface area (Å²) < 4.78 is 10.1. The summed E-state index contributed by atoms with van der Waals surface area (Å²) in [5.74, 6) is 1.55. The van der Waals surface area contributed by atoms with Crippen LogP contribution in [0.3, 0.4) is 0 Å². The van der Waals surface area contributed by atoms with Gasteiger partial charge in [0, 0.05) is 16.9 Å². The van der Waals surface area contributed by atoms with E-state index in [0.29, 0.717) is 11.3 Å². The normalized spacial score (nSPS) is 10.3. The highest BCUT2D eigenvalue weighted by atomic mass is 32.2. The van der Waals surface area contributed by atoms with Crippen molar-refractivity contribution < 1.29 is 9.53 Å². The molecule has 6 heteroatoms. The van der Waals surface area contributed by atoms with Crippen LogP contribution in [0.25, 0.3) is 0 Å². The second-order valence-corrected chi connectivity index (χ2v) is 5.58. The maximum absolute atomic E-state index is 11.4. The highest BCUT2D eigenvalue weighted by Gasteiger charge is 2.08. The van der Waals surface area contributed by atoms with Gasteiger partial charge >= 0.3 is 0 Å². The highest BCUT2D eigenvalue weighted by Crippen LogP contribution is 2.29. The maximum Gasteiger partial charge on any atom is 0.170 e. The van der Waals surface area contributed by atoms with Crippen molar-refractivity contribution >= 4 is 29.1 Å². The average Bonchev–Trinajstić information content (AvgIpc) is 2.89. The number of carbonyl (C=O) groups is 1. The zero-order valence-electron chi connectivity index (χ0n) is 10.0. The van der Waals surface area contributed by atoms with Crippen LogP contribution in [0.2, 0.25) is 0 Å². The van der Waals surface area contributed by atoms with Crippen LogP contribution in [0.1, 0.15) is 22.8 Å². The van der Waals surface area contributed by atoms with Gasteiger partial charge in [-0.1, -0.05) is 11.8 Å². The molecule has 0 fully saturated rings. The van der Waals surface area contributed by atoms with Gasteiger partial charge in [-0.3, -0.25) is 4.79 Å². The quantitative estimate of drug-likeness (QED) is 0.622. The summed E-state index contributed by atoms with van der Waals surface area (Å²) in [4.78, 5) is 15.5. The van der Waals surface area contributed by atoms with Crippen LogP contribution >= 0.6 is 23.3 Å². The maximum atomic E-state index is 11.4. The summed E-state index contributed by atoms with van der Waals surface area (Å²) in [6.45, 7) is 1.56. The minimum Gasteiger partial charge on any atom is -0.496 e. The first kappa shape index (κ1) is 13.0. The number of ketones is 1. The molecule has 1 heterocycles. The third-order valence-electron chi connectivity index (χ3n) is 2.38. The molecule has 0 amide bonds. The molecule has 0 saturated carbocycles. The second-order valence-electron chi connectivity index (χ2n) is 3.58. The lowest BCUT2D eigenvalue weighted by Crippen LogP contribution is -1.96. The van der Waals surface area contributed by atoms with Crippen molar-refractivity contribution in [2.75, 3.05) is 7.11 Å². The molecule has 1 aromatic heterocycles. The van der Waals surface area contributed by atoms with Gasteiger partial charge in [0.1, 0.15) is 12.1 Å². The molecule has 0 N–H and O–H groups in total. The van der Waals surface area contributed by atoms with Crippen molar-refractivity contribution in [3.63, 3.8) is 0 Å². The van der Waals surface area contributed by atoms with Gasteiger partial charge in [-0.05, 0) is 36.7 Å². The van der Waals surface area contributed by atoms with Crippen molar-refractivity contribution in [2.24, 2.45) is 0 Å². The van der Waals surface area contributed by atoms with Gasteiger partial charge in [0.2, 0.25) is 0 Å². The number of carbonyl (C=O) groups excluding carboxylic acids is 1. The van der Waals surface area contributed by atoms with Crippen molar-refractivity contribution in [1.29, 1.82) is 0 Å². The molecule has 1 aromatic carbocycles. The number of hydrogen-bond donors (Lipinski definition) is 0. The van der Waals surface area contributed by atoms with Crippen molar-refractivity contribution in [2.45, 2.75) is 17.0 Å². The van der Waals surface area contributed by atoms with Crippen LogP contribution in [-0.2, 0) is 5.75 Å².